The summed E-state index contributed by atoms with van der Waals surface area (Å²) < 4.78 is 0. The van der Waals surface area contributed by atoms with Gasteiger partial charge in [-0.15, -0.1) is 0 Å². The Morgan fingerprint density at radius 1 is 1.24 bits per heavy atom. The third-order valence-electron chi connectivity index (χ3n) is 4.57. The molecule has 0 spiro atoms. The third-order valence-corrected chi connectivity index (χ3v) is 4.87. The maximum Gasteiger partial charge on any atom is 0.0752 e. The van der Waals surface area contributed by atoms with Crippen molar-refractivity contribution in [2.45, 2.75) is 45.4 Å². The number of pyridine rings is 1. The fourth-order valence-electron chi connectivity index (χ4n) is 3.37. The number of rotatable bonds is 3. The molecule has 2 aromatic rings. The second-order valence-electron chi connectivity index (χ2n) is 6.19. The average Bonchev–Trinajstić information content (AvgIpc) is 2.76. The second kappa shape index (κ2) is 6.65. The molecule has 0 amide bonds. The molecule has 3 rings (SSSR count). The van der Waals surface area contributed by atoms with Crippen molar-refractivity contribution in [3.05, 3.63) is 35.0 Å². The summed E-state index contributed by atoms with van der Waals surface area (Å²) in [7, 11) is 0. The van der Waals surface area contributed by atoms with Gasteiger partial charge in [0.2, 0.25) is 0 Å². The van der Waals surface area contributed by atoms with E-state index < -0.39 is 0 Å². The van der Waals surface area contributed by atoms with Crippen molar-refractivity contribution >= 4 is 28.2 Å². The van der Waals surface area contributed by atoms with Crippen LogP contribution in [-0.4, -0.2) is 11.5 Å². The number of anilines is 1. The Bertz CT molecular complexity index is 616. The highest BCUT2D eigenvalue weighted by molar-refractivity contribution is 6.35. The standard InChI is InChI=1S/C18H23ClN2/c1-13-11-16(19)18(15-9-6-10-20-17(13)15)21-12-14-7-4-2-3-5-8-14/h6,9-11,14,21H,2-5,7-8,12H2,1H3. The van der Waals surface area contributed by atoms with E-state index in [2.05, 4.69) is 23.3 Å². The fourth-order valence-corrected chi connectivity index (χ4v) is 3.71. The number of benzene rings is 1. The molecule has 1 aliphatic rings. The quantitative estimate of drug-likeness (QED) is 0.749. The smallest absolute Gasteiger partial charge is 0.0752 e. The lowest BCUT2D eigenvalue weighted by atomic mass is 10.00. The minimum Gasteiger partial charge on any atom is -0.383 e. The van der Waals surface area contributed by atoms with Crippen LogP contribution in [0, 0.1) is 12.8 Å². The molecule has 0 aliphatic heterocycles. The van der Waals surface area contributed by atoms with E-state index in [9.17, 15) is 0 Å². The van der Waals surface area contributed by atoms with Crippen molar-refractivity contribution in [2.24, 2.45) is 5.92 Å². The van der Waals surface area contributed by atoms with Crippen LogP contribution in [0.4, 0.5) is 5.69 Å². The molecule has 1 aromatic carbocycles. The van der Waals surface area contributed by atoms with E-state index in [0.29, 0.717) is 0 Å². The van der Waals surface area contributed by atoms with Gasteiger partial charge in [-0.1, -0.05) is 37.3 Å². The van der Waals surface area contributed by atoms with Gasteiger partial charge in [0.05, 0.1) is 16.2 Å². The van der Waals surface area contributed by atoms with Crippen molar-refractivity contribution in [3.63, 3.8) is 0 Å². The highest BCUT2D eigenvalue weighted by Crippen LogP contribution is 2.33. The molecule has 0 unspecified atom stereocenters. The predicted octanol–water partition coefficient (Wildman–Crippen LogP) is 5.58. The number of aromatic nitrogens is 1. The summed E-state index contributed by atoms with van der Waals surface area (Å²) in [5, 5.41) is 5.55. The third kappa shape index (κ3) is 3.32. The first kappa shape index (κ1) is 14.6. The van der Waals surface area contributed by atoms with Crippen molar-refractivity contribution in [3.8, 4) is 0 Å². The van der Waals surface area contributed by atoms with E-state index in [-0.39, 0.29) is 0 Å². The van der Waals surface area contributed by atoms with Gasteiger partial charge in [0.25, 0.3) is 0 Å². The Balaban J connectivity index is 1.83. The van der Waals surface area contributed by atoms with E-state index in [1.165, 1.54) is 38.5 Å². The first-order valence-corrected chi connectivity index (χ1v) is 8.41. The molecule has 1 aromatic heterocycles. The number of halogens is 1. The molecule has 21 heavy (non-hydrogen) atoms. The van der Waals surface area contributed by atoms with Gasteiger partial charge in [-0.2, -0.15) is 0 Å². The van der Waals surface area contributed by atoms with Crippen LogP contribution in [0.2, 0.25) is 5.02 Å². The maximum atomic E-state index is 6.47. The zero-order valence-electron chi connectivity index (χ0n) is 12.7. The SMILES string of the molecule is Cc1cc(Cl)c(NCC2CCCCCC2)c2cccnc12. The van der Waals surface area contributed by atoms with E-state index >= 15 is 0 Å². The van der Waals surface area contributed by atoms with Gasteiger partial charge in [-0.05, 0) is 49.4 Å². The van der Waals surface area contributed by atoms with Gasteiger partial charge in [0.1, 0.15) is 0 Å². The highest BCUT2D eigenvalue weighted by atomic mass is 35.5. The zero-order chi connectivity index (χ0) is 14.7. The van der Waals surface area contributed by atoms with Crippen LogP contribution >= 0.6 is 11.6 Å². The Morgan fingerprint density at radius 3 is 2.76 bits per heavy atom. The molecule has 0 bridgehead atoms. The van der Waals surface area contributed by atoms with Crippen molar-refractivity contribution < 1.29 is 0 Å². The van der Waals surface area contributed by atoms with Crippen LogP contribution < -0.4 is 5.32 Å². The first-order chi connectivity index (χ1) is 10.3. The zero-order valence-corrected chi connectivity index (χ0v) is 13.4. The molecule has 1 saturated carbocycles. The summed E-state index contributed by atoms with van der Waals surface area (Å²) in [6, 6.07) is 6.11. The van der Waals surface area contributed by atoms with Crippen LogP contribution in [0.3, 0.4) is 0 Å². The molecule has 1 heterocycles. The number of fused-ring (bicyclic) bond motifs is 1. The van der Waals surface area contributed by atoms with Crippen LogP contribution in [0.1, 0.15) is 44.1 Å². The minimum atomic E-state index is 0.775. The summed E-state index contributed by atoms with van der Waals surface area (Å²) in [6.07, 6.45) is 10.1. The number of hydrogen-bond acceptors (Lipinski definition) is 2. The Hall–Kier alpha value is -1.28. The summed E-state index contributed by atoms with van der Waals surface area (Å²) >= 11 is 6.47. The Labute approximate surface area is 131 Å². The Kier molecular flexibility index (Phi) is 4.64. The van der Waals surface area contributed by atoms with Crippen LogP contribution in [0.25, 0.3) is 10.9 Å². The molecule has 3 heteroatoms. The largest absolute Gasteiger partial charge is 0.383 e. The van der Waals surface area contributed by atoms with Crippen molar-refractivity contribution in [1.29, 1.82) is 0 Å². The fraction of sp³-hybridized carbons (Fsp3) is 0.500. The summed E-state index contributed by atoms with van der Waals surface area (Å²) in [5.74, 6) is 0.775. The van der Waals surface area contributed by atoms with Gasteiger partial charge >= 0.3 is 0 Å². The lowest BCUT2D eigenvalue weighted by Gasteiger charge is -2.18. The van der Waals surface area contributed by atoms with Gasteiger partial charge in [-0.3, -0.25) is 4.98 Å². The lowest BCUT2D eigenvalue weighted by molar-refractivity contribution is 0.483. The topological polar surface area (TPSA) is 24.9 Å². The van der Waals surface area contributed by atoms with Gasteiger partial charge in [0.15, 0.2) is 0 Å². The summed E-state index contributed by atoms with van der Waals surface area (Å²) in [6.45, 7) is 3.09. The van der Waals surface area contributed by atoms with Crippen LogP contribution in [0.5, 0.6) is 0 Å². The minimum absolute atomic E-state index is 0.775. The normalized spacial score (nSPS) is 16.9. The number of nitrogens with zero attached hydrogens (tertiary/aromatic N) is 1. The molecular formula is C18H23ClN2. The Morgan fingerprint density at radius 2 is 2.00 bits per heavy atom. The lowest BCUT2D eigenvalue weighted by Crippen LogP contribution is -2.14. The van der Waals surface area contributed by atoms with Gasteiger partial charge in [-0.25, -0.2) is 0 Å². The number of hydrogen-bond donors (Lipinski definition) is 1. The van der Waals surface area contributed by atoms with Crippen LogP contribution in [-0.2, 0) is 0 Å². The van der Waals surface area contributed by atoms with E-state index in [4.69, 9.17) is 11.6 Å². The summed E-state index contributed by atoms with van der Waals surface area (Å²) in [5.41, 5.74) is 3.23. The molecule has 0 atom stereocenters. The summed E-state index contributed by atoms with van der Waals surface area (Å²) in [4.78, 5) is 4.49. The molecule has 112 valence electrons. The van der Waals surface area contributed by atoms with E-state index in [1.807, 2.05) is 18.3 Å². The molecule has 1 N–H and O–H groups in total. The van der Waals surface area contributed by atoms with Crippen molar-refractivity contribution in [2.75, 3.05) is 11.9 Å². The number of aryl methyl sites for hydroxylation is 1. The van der Waals surface area contributed by atoms with E-state index in [0.717, 1.165) is 39.6 Å². The molecule has 2 nitrogen and oxygen atoms in total. The van der Waals surface area contributed by atoms with Gasteiger partial charge in [0, 0.05) is 18.1 Å². The van der Waals surface area contributed by atoms with Crippen molar-refractivity contribution in [1.82, 2.24) is 4.98 Å². The number of nitrogens with one attached hydrogen (secondary N) is 1. The highest BCUT2D eigenvalue weighted by Gasteiger charge is 2.14. The predicted molar refractivity (Wildman–Crippen MR) is 91.2 cm³/mol. The molecular weight excluding hydrogens is 280 g/mol. The first-order valence-electron chi connectivity index (χ1n) is 8.03. The van der Waals surface area contributed by atoms with Gasteiger partial charge < -0.3 is 5.32 Å². The molecule has 0 radical (unpaired) electrons. The molecule has 1 fully saturated rings. The molecule has 1 aliphatic carbocycles. The van der Waals surface area contributed by atoms with Crippen LogP contribution in [0.15, 0.2) is 24.4 Å². The average molecular weight is 303 g/mol. The molecule has 0 saturated heterocycles. The second-order valence-corrected chi connectivity index (χ2v) is 6.60. The maximum absolute atomic E-state index is 6.47. The monoisotopic (exact) mass is 302 g/mol. The van der Waals surface area contributed by atoms with E-state index in [1.54, 1.807) is 0 Å².